The smallest absolute Gasteiger partial charge is 0.317 e. The number of fused-ring (bicyclic) bond motifs is 1. The van der Waals surface area contributed by atoms with Crippen LogP contribution in [0.4, 0.5) is 4.79 Å². The molecule has 0 bridgehead atoms. The Morgan fingerprint density at radius 3 is 3.00 bits per heavy atom. The zero-order chi connectivity index (χ0) is 11.0. The predicted molar refractivity (Wildman–Crippen MR) is 62.4 cm³/mol. The quantitative estimate of drug-likeness (QED) is 0.722. The SMILES string of the molecule is O=C1N=C2CC=CC=C2N1C1CCNCC1. The summed E-state index contributed by atoms with van der Waals surface area (Å²) in [7, 11) is 0. The van der Waals surface area contributed by atoms with E-state index in [-0.39, 0.29) is 6.03 Å². The van der Waals surface area contributed by atoms with Crippen LogP contribution in [0.2, 0.25) is 0 Å². The lowest BCUT2D eigenvalue weighted by atomic mass is 10.0. The van der Waals surface area contributed by atoms with E-state index in [1.807, 2.05) is 23.1 Å². The number of hydrogen-bond acceptors (Lipinski definition) is 2. The zero-order valence-corrected chi connectivity index (χ0v) is 9.15. The molecule has 3 rings (SSSR count). The van der Waals surface area contributed by atoms with Gasteiger partial charge in [0, 0.05) is 12.5 Å². The van der Waals surface area contributed by atoms with Gasteiger partial charge in [-0.05, 0) is 32.0 Å². The molecular weight excluding hydrogens is 202 g/mol. The summed E-state index contributed by atoms with van der Waals surface area (Å²) in [6, 6.07) is 0.254. The largest absolute Gasteiger partial charge is 0.348 e. The number of piperidine rings is 1. The van der Waals surface area contributed by atoms with E-state index in [4.69, 9.17) is 0 Å². The fraction of sp³-hybridized carbons (Fsp3) is 0.500. The molecule has 4 nitrogen and oxygen atoms in total. The summed E-state index contributed by atoms with van der Waals surface area (Å²) in [6.07, 6.45) is 8.90. The molecule has 2 amide bonds. The van der Waals surface area contributed by atoms with Crippen molar-refractivity contribution in [1.29, 1.82) is 0 Å². The Kier molecular flexibility index (Phi) is 2.36. The number of hydrogen-bond donors (Lipinski definition) is 1. The molecule has 2 aliphatic heterocycles. The summed E-state index contributed by atoms with van der Waals surface area (Å²) in [5.41, 5.74) is 1.96. The molecule has 0 radical (unpaired) electrons. The molecule has 16 heavy (non-hydrogen) atoms. The van der Waals surface area contributed by atoms with E-state index in [9.17, 15) is 4.79 Å². The first-order valence-corrected chi connectivity index (χ1v) is 5.85. The fourth-order valence-electron chi connectivity index (χ4n) is 2.55. The minimum Gasteiger partial charge on any atom is -0.317 e. The number of carbonyl (C=O) groups is 1. The molecule has 2 heterocycles. The second-order valence-electron chi connectivity index (χ2n) is 4.38. The van der Waals surface area contributed by atoms with Gasteiger partial charge in [0.05, 0.1) is 11.4 Å². The average Bonchev–Trinajstić information content (AvgIpc) is 2.66. The Labute approximate surface area is 94.7 Å². The Bertz CT molecular complexity index is 402. The normalized spacial score (nSPS) is 25.5. The molecular formula is C12H15N3O. The number of allylic oxidation sites excluding steroid dienone is 4. The van der Waals surface area contributed by atoms with Crippen LogP contribution in [-0.4, -0.2) is 35.8 Å². The molecule has 1 N–H and O–H groups in total. The molecule has 0 aromatic rings. The van der Waals surface area contributed by atoms with Gasteiger partial charge < -0.3 is 5.32 Å². The van der Waals surface area contributed by atoms with Crippen molar-refractivity contribution >= 4 is 11.7 Å². The van der Waals surface area contributed by atoms with E-state index in [1.165, 1.54) is 0 Å². The maximum absolute atomic E-state index is 11.9. The highest BCUT2D eigenvalue weighted by molar-refractivity contribution is 6.14. The Hall–Kier alpha value is -1.42. The summed E-state index contributed by atoms with van der Waals surface area (Å²) in [5, 5.41) is 3.32. The molecule has 0 atom stereocenters. The van der Waals surface area contributed by atoms with Gasteiger partial charge >= 0.3 is 6.03 Å². The number of nitrogens with zero attached hydrogens (tertiary/aromatic N) is 2. The molecule has 1 fully saturated rings. The first-order chi connectivity index (χ1) is 7.86. The minimum absolute atomic E-state index is 0.0724. The van der Waals surface area contributed by atoms with Gasteiger partial charge in [0.2, 0.25) is 0 Å². The maximum atomic E-state index is 11.9. The van der Waals surface area contributed by atoms with Gasteiger partial charge in [0.15, 0.2) is 0 Å². The first kappa shape index (κ1) is 9.78. The minimum atomic E-state index is -0.0724. The molecule has 0 aromatic heterocycles. The van der Waals surface area contributed by atoms with Crippen LogP contribution in [0.25, 0.3) is 0 Å². The van der Waals surface area contributed by atoms with Crippen LogP contribution in [0.3, 0.4) is 0 Å². The number of urea groups is 1. The van der Waals surface area contributed by atoms with Crippen molar-refractivity contribution in [2.75, 3.05) is 13.1 Å². The third kappa shape index (κ3) is 1.50. The van der Waals surface area contributed by atoms with E-state index in [0.717, 1.165) is 43.8 Å². The number of amides is 2. The van der Waals surface area contributed by atoms with E-state index in [1.54, 1.807) is 0 Å². The molecule has 0 aromatic carbocycles. The van der Waals surface area contributed by atoms with Gasteiger partial charge in [-0.1, -0.05) is 12.2 Å². The Balaban J connectivity index is 1.87. The van der Waals surface area contributed by atoms with Crippen LogP contribution in [-0.2, 0) is 0 Å². The van der Waals surface area contributed by atoms with Gasteiger partial charge in [-0.25, -0.2) is 4.79 Å². The van der Waals surface area contributed by atoms with Crippen LogP contribution in [0.1, 0.15) is 19.3 Å². The molecule has 4 heteroatoms. The second-order valence-corrected chi connectivity index (χ2v) is 4.38. The third-order valence-electron chi connectivity index (χ3n) is 3.37. The average molecular weight is 217 g/mol. The first-order valence-electron chi connectivity index (χ1n) is 5.85. The monoisotopic (exact) mass is 217 g/mol. The highest BCUT2D eigenvalue weighted by atomic mass is 16.2. The molecule has 0 spiro atoms. The Morgan fingerprint density at radius 1 is 1.38 bits per heavy atom. The predicted octanol–water partition coefficient (Wildman–Crippen LogP) is 1.46. The lowest BCUT2D eigenvalue weighted by Gasteiger charge is -2.32. The van der Waals surface area contributed by atoms with E-state index in [2.05, 4.69) is 10.3 Å². The summed E-state index contributed by atoms with van der Waals surface area (Å²) < 4.78 is 0. The topological polar surface area (TPSA) is 44.7 Å². The van der Waals surface area contributed by atoms with Crippen LogP contribution in [0, 0.1) is 0 Å². The highest BCUT2D eigenvalue weighted by Gasteiger charge is 2.35. The number of aliphatic imine (C=N–C) groups is 1. The lowest BCUT2D eigenvalue weighted by Crippen LogP contribution is -2.43. The summed E-state index contributed by atoms with van der Waals surface area (Å²) in [6.45, 7) is 1.99. The van der Waals surface area contributed by atoms with Gasteiger partial charge in [-0.3, -0.25) is 4.90 Å². The number of nitrogens with one attached hydrogen (secondary N) is 1. The van der Waals surface area contributed by atoms with Crippen molar-refractivity contribution in [2.45, 2.75) is 25.3 Å². The summed E-state index contributed by atoms with van der Waals surface area (Å²) in [4.78, 5) is 17.9. The molecule has 0 saturated carbocycles. The fourth-order valence-corrected chi connectivity index (χ4v) is 2.55. The summed E-state index contributed by atoms with van der Waals surface area (Å²) >= 11 is 0. The van der Waals surface area contributed by atoms with E-state index < -0.39 is 0 Å². The standard InChI is InChI=1S/C12H15N3O/c16-12-14-10-3-1-2-4-11(10)15(12)9-5-7-13-8-6-9/h1-2,4,9,13H,3,5-8H2. The van der Waals surface area contributed by atoms with Crippen LogP contribution in [0.15, 0.2) is 28.9 Å². The van der Waals surface area contributed by atoms with E-state index in [0.29, 0.717) is 6.04 Å². The van der Waals surface area contributed by atoms with Crippen molar-refractivity contribution in [3.63, 3.8) is 0 Å². The molecule has 1 saturated heterocycles. The van der Waals surface area contributed by atoms with Crippen LogP contribution < -0.4 is 5.32 Å². The van der Waals surface area contributed by atoms with Crippen LogP contribution >= 0.6 is 0 Å². The number of rotatable bonds is 1. The molecule has 0 unspecified atom stereocenters. The molecule has 84 valence electrons. The zero-order valence-electron chi connectivity index (χ0n) is 9.15. The maximum Gasteiger partial charge on any atom is 0.348 e. The highest BCUT2D eigenvalue weighted by Crippen LogP contribution is 2.27. The van der Waals surface area contributed by atoms with Crippen molar-refractivity contribution in [1.82, 2.24) is 10.2 Å². The van der Waals surface area contributed by atoms with Gasteiger partial charge in [0.25, 0.3) is 0 Å². The van der Waals surface area contributed by atoms with Gasteiger partial charge in [-0.15, -0.1) is 0 Å². The second kappa shape index (κ2) is 3.87. The van der Waals surface area contributed by atoms with Crippen molar-refractivity contribution in [3.8, 4) is 0 Å². The Morgan fingerprint density at radius 2 is 2.19 bits per heavy atom. The summed E-state index contributed by atoms with van der Waals surface area (Å²) in [5.74, 6) is 0. The lowest BCUT2D eigenvalue weighted by molar-refractivity contribution is 0.198. The van der Waals surface area contributed by atoms with E-state index >= 15 is 0 Å². The van der Waals surface area contributed by atoms with Crippen molar-refractivity contribution < 1.29 is 4.79 Å². The number of carbonyl (C=O) groups excluding carboxylic acids is 1. The van der Waals surface area contributed by atoms with Crippen molar-refractivity contribution in [2.24, 2.45) is 4.99 Å². The van der Waals surface area contributed by atoms with Crippen molar-refractivity contribution in [3.05, 3.63) is 23.9 Å². The van der Waals surface area contributed by atoms with Gasteiger partial charge in [0.1, 0.15) is 0 Å². The van der Waals surface area contributed by atoms with Crippen LogP contribution in [0.5, 0.6) is 0 Å². The van der Waals surface area contributed by atoms with Gasteiger partial charge in [-0.2, -0.15) is 4.99 Å². The third-order valence-corrected chi connectivity index (χ3v) is 3.37. The molecule has 1 aliphatic carbocycles. The molecule has 3 aliphatic rings.